The highest BCUT2D eigenvalue weighted by Gasteiger charge is 2.26. The van der Waals surface area contributed by atoms with Crippen molar-refractivity contribution in [1.82, 2.24) is 9.97 Å². The molecule has 0 aliphatic heterocycles. The van der Waals surface area contributed by atoms with Gasteiger partial charge in [0, 0.05) is 30.3 Å². The predicted molar refractivity (Wildman–Crippen MR) is 75.5 cm³/mol. The number of aromatic nitrogens is 2. The molecule has 0 radical (unpaired) electrons. The van der Waals surface area contributed by atoms with E-state index in [0.717, 1.165) is 17.1 Å². The van der Waals surface area contributed by atoms with E-state index in [1.165, 1.54) is 26.0 Å². The molecule has 0 spiro atoms. The summed E-state index contributed by atoms with van der Waals surface area (Å²) >= 11 is 0. The molecule has 3 rings (SSSR count). The van der Waals surface area contributed by atoms with Crippen molar-refractivity contribution in [2.75, 3.05) is 19.5 Å². The summed E-state index contributed by atoms with van der Waals surface area (Å²) in [4.78, 5) is 9.03. The molecular weight excluding hydrogens is 257 g/mol. The summed E-state index contributed by atoms with van der Waals surface area (Å²) in [6.07, 6.45) is 2.35. The second kappa shape index (κ2) is 5.07. The Hall–Kier alpha value is -2.17. The van der Waals surface area contributed by atoms with Gasteiger partial charge in [0.25, 0.3) is 0 Å². The third kappa shape index (κ3) is 2.43. The van der Waals surface area contributed by atoms with Gasteiger partial charge in [0.1, 0.15) is 5.82 Å². The first-order valence-electron chi connectivity index (χ1n) is 6.62. The number of halogens is 1. The quantitative estimate of drug-likeness (QED) is 0.929. The zero-order valence-electron chi connectivity index (χ0n) is 11.5. The Morgan fingerprint density at radius 2 is 2.05 bits per heavy atom. The van der Waals surface area contributed by atoms with Gasteiger partial charge >= 0.3 is 0 Å². The van der Waals surface area contributed by atoms with E-state index < -0.39 is 0 Å². The van der Waals surface area contributed by atoms with Crippen LogP contribution < -0.4 is 10.1 Å². The Kier molecular flexibility index (Phi) is 3.26. The maximum absolute atomic E-state index is 13.5. The molecule has 4 nitrogen and oxygen atoms in total. The Morgan fingerprint density at radius 1 is 1.25 bits per heavy atom. The third-order valence-electron chi connectivity index (χ3n) is 3.41. The normalized spacial score (nSPS) is 14.2. The minimum atomic E-state index is -0.386. The van der Waals surface area contributed by atoms with Gasteiger partial charge in [-0.3, -0.25) is 0 Å². The lowest BCUT2D eigenvalue weighted by Crippen LogP contribution is -2.00. The molecule has 1 heterocycles. The first-order valence-corrected chi connectivity index (χ1v) is 6.62. The summed E-state index contributed by atoms with van der Waals surface area (Å²) in [6.45, 7) is 0. The maximum Gasteiger partial charge on any atom is 0.165 e. The number of rotatable bonds is 4. The van der Waals surface area contributed by atoms with Gasteiger partial charge in [0.05, 0.1) is 7.11 Å². The SMILES string of the molecule is CNc1cc(C2CC2)nc(-c2ccc(F)c(OC)c2)n1. The van der Waals surface area contributed by atoms with Crippen LogP contribution in [0.4, 0.5) is 10.2 Å². The monoisotopic (exact) mass is 273 g/mol. The van der Waals surface area contributed by atoms with Crippen molar-refractivity contribution in [1.29, 1.82) is 0 Å². The van der Waals surface area contributed by atoms with Crippen LogP contribution in [0.5, 0.6) is 5.75 Å². The smallest absolute Gasteiger partial charge is 0.165 e. The van der Waals surface area contributed by atoms with Crippen molar-refractivity contribution in [2.24, 2.45) is 0 Å². The Morgan fingerprint density at radius 3 is 2.70 bits per heavy atom. The van der Waals surface area contributed by atoms with Crippen molar-refractivity contribution in [3.8, 4) is 17.1 Å². The highest BCUT2D eigenvalue weighted by atomic mass is 19.1. The molecule has 1 aliphatic carbocycles. The second-order valence-corrected chi connectivity index (χ2v) is 4.88. The molecule has 1 saturated carbocycles. The van der Waals surface area contributed by atoms with Gasteiger partial charge in [-0.2, -0.15) is 0 Å². The van der Waals surface area contributed by atoms with Gasteiger partial charge in [-0.1, -0.05) is 0 Å². The number of methoxy groups -OCH3 is 1. The lowest BCUT2D eigenvalue weighted by Gasteiger charge is -2.09. The molecule has 5 heteroatoms. The Bertz CT molecular complexity index is 641. The molecule has 1 aromatic heterocycles. The fourth-order valence-corrected chi connectivity index (χ4v) is 2.11. The van der Waals surface area contributed by atoms with Crippen LogP contribution in [-0.2, 0) is 0 Å². The maximum atomic E-state index is 13.5. The van der Waals surface area contributed by atoms with E-state index in [-0.39, 0.29) is 11.6 Å². The molecule has 1 aliphatic rings. The average Bonchev–Trinajstić information content (AvgIpc) is 3.32. The zero-order valence-corrected chi connectivity index (χ0v) is 11.5. The minimum Gasteiger partial charge on any atom is -0.494 e. The second-order valence-electron chi connectivity index (χ2n) is 4.88. The van der Waals surface area contributed by atoms with Crippen LogP contribution >= 0.6 is 0 Å². The van der Waals surface area contributed by atoms with Crippen LogP contribution in [0.15, 0.2) is 24.3 Å². The summed E-state index contributed by atoms with van der Waals surface area (Å²) in [5.41, 5.74) is 1.80. The van der Waals surface area contributed by atoms with E-state index in [2.05, 4.69) is 15.3 Å². The largest absolute Gasteiger partial charge is 0.494 e. The molecule has 104 valence electrons. The number of ether oxygens (including phenoxy) is 1. The van der Waals surface area contributed by atoms with Crippen LogP contribution in [0.1, 0.15) is 24.5 Å². The molecule has 20 heavy (non-hydrogen) atoms. The molecule has 0 saturated heterocycles. The molecule has 0 bridgehead atoms. The number of hydrogen-bond acceptors (Lipinski definition) is 4. The van der Waals surface area contributed by atoms with E-state index in [9.17, 15) is 4.39 Å². The number of benzene rings is 1. The summed E-state index contributed by atoms with van der Waals surface area (Å²) in [7, 11) is 3.27. The number of nitrogens with one attached hydrogen (secondary N) is 1. The van der Waals surface area contributed by atoms with E-state index in [4.69, 9.17) is 4.74 Å². The topological polar surface area (TPSA) is 47.0 Å². The minimum absolute atomic E-state index is 0.203. The standard InChI is InChI=1S/C15H16FN3O/c1-17-14-8-12(9-3-4-9)18-15(19-14)10-5-6-11(16)13(7-10)20-2/h5-9H,3-4H2,1-2H3,(H,17,18,19). The number of anilines is 1. The van der Waals surface area contributed by atoms with Gasteiger partial charge in [0.15, 0.2) is 17.4 Å². The first-order chi connectivity index (χ1) is 9.71. The molecular formula is C15H16FN3O. The third-order valence-corrected chi connectivity index (χ3v) is 3.41. The molecule has 0 atom stereocenters. The van der Waals surface area contributed by atoms with Crippen LogP contribution in [0, 0.1) is 5.82 Å². The zero-order chi connectivity index (χ0) is 14.1. The fourth-order valence-electron chi connectivity index (χ4n) is 2.11. The van der Waals surface area contributed by atoms with Crippen LogP contribution in [0.3, 0.4) is 0 Å². The van der Waals surface area contributed by atoms with Gasteiger partial charge in [-0.25, -0.2) is 14.4 Å². The predicted octanol–water partition coefficient (Wildman–Crippen LogP) is 3.21. The van der Waals surface area contributed by atoms with Crippen molar-refractivity contribution in [2.45, 2.75) is 18.8 Å². The number of nitrogens with zero attached hydrogens (tertiary/aromatic N) is 2. The number of hydrogen-bond donors (Lipinski definition) is 1. The lowest BCUT2D eigenvalue weighted by molar-refractivity contribution is 0.387. The lowest BCUT2D eigenvalue weighted by atomic mass is 10.1. The van der Waals surface area contributed by atoms with Crippen LogP contribution in [0.25, 0.3) is 11.4 Å². The van der Waals surface area contributed by atoms with Gasteiger partial charge < -0.3 is 10.1 Å². The summed E-state index contributed by atoms with van der Waals surface area (Å²) < 4.78 is 18.5. The van der Waals surface area contributed by atoms with Crippen molar-refractivity contribution >= 4 is 5.82 Å². The van der Waals surface area contributed by atoms with Crippen LogP contribution in [0.2, 0.25) is 0 Å². The van der Waals surface area contributed by atoms with Crippen molar-refractivity contribution in [3.05, 3.63) is 35.8 Å². The van der Waals surface area contributed by atoms with E-state index >= 15 is 0 Å². The molecule has 0 amide bonds. The van der Waals surface area contributed by atoms with Gasteiger partial charge in [-0.05, 0) is 31.0 Å². The Labute approximate surface area is 117 Å². The van der Waals surface area contributed by atoms with Gasteiger partial charge in [-0.15, -0.1) is 0 Å². The molecule has 2 aromatic rings. The molecule has 1 aromatic carbocycles. The van der Waals surface area contributed by atoms with Gasteiger partial charge in [0.2, 0.25) is 0 Å². The summed E-state index contributed by atoms with van der Waals surface area (Å²) in [5.74, 6) is 1.72. The summed E-state index contributed by atoms with van der Waals surface area (Å²) in [5, 5.41) is 3.04. The average molecular weight is 273 g/mol. The first kappa shape index (κ1) is 12.8. The molecule has 1 fully saturated rings. The van der Waals surface area contributed by atoms with Crippen molar-refractivity contribution < 1.29 is 9.13 Å². The van der Waals surface area contributed by atoms with E-state index in [1.807, 2.05) is 13.1 Å². The molecule has 0 unspecified atom stereocenters. The van der Waals surface area contributed by atoms with E-state index in [0.29, 0.717) is 11.7 Å². The summed E-state index contributed by atoms with van der Waals surface area (Å²) in [6, 6.07) is 6.65. The van der Waals surface area contributed by atoms with Crippen LogP contribution in [-0.4, -0.2) is 24.1 Å². The fraction of sp³-hybridized carbons (Fsp3) is 0.333. The van der Waals surface area contributed by atoms with E-state index in [1.54, 1.807) is 12.1 Å². The molecule has 1 N–H and O–H groups in total. The van der Waals surface area contributed by atoms with Crippen molar-refractivity contribution in [3.63, 3.8) is 0 Å². The Balaban J connectivity index is 2.06. The highest BCUT2D eigenvalue weighted by molar-refractivity contribution is 5.60. The highest BCUT2D eigenvalue weighted by Crippen LogP contribution is 2.40.